The van der Waals surface area contributed by atoms with Crippen molar-refractivity contribution in [3.63, 3.8) is 0 Å². The smallest absolute Gasteiger partial charge is 0.335 e. The van der Waals surface area contributed by atoms with E-state index in [0.717, 1.165) is 31.2 Å². The molecule has 1 aromatic heterocycles. The van der Waals surface area contributed by atoms with E-state index in [4.69, 9.17) is 9.84 Å². The zero-order valence-electron chi connectivity index (χ0n) is 16.6. The summed E-state index contributed by atoms with van der Waals surface area (Å²) in [5.74, 6) is -0.356. The van der Waals surface area contributed by atoms with Crippen LogP contribution in [0.5, 0.6) is 0 Å². The summed E-state index contributed by atoms with van der Waals surface area (Å²) in [6, 6.07) is 10.5. The van der Waals surface area contributed by atoms with Crippen LogP contribution in [0.4, 0.5) is 0 Å². The highest BCUT2D eigenvalue weighted by Gasteiger charge is 2.47. The number of carbonyl (C=O) groups is 2. The van der Waals surface area contributed by atoms with E-state index >= 15 is 0 Å². The Morgan fingerprint density at radius 1 is 1.17 bits per heavy atom. The van der Waals surface area contributed by atoms with Crippen LogP contribution in [0.3, 0.4) is 0 Å². The van der Waals surface area contributed by atoms with Crippen molar-refractivity contribution in [1.29, 1.82) is 0 Å². The number of hydrazone groups is 1. The van der Waals surface area contributed by atoms with Crippen LogP contribution in [0.2, 0.25) is 0 Å². The molecule has 2 aliphatic heterocycles. The largest absolute Gasteiger partial charge is 0.478 e. The lowest BCUT2D eigenvalue weighted by Crippen LogP contribution is -2.30. The molecule has 2 aromatic rings. The van der Waals surface area contributed by atoms with Gasteiger partial charge in [-0.3, -0.25) is 9.78 Å². The number of benzene rings is 1. The van der Waals surface area contributed by atoms with Gasteiger partial charge in [0, 0.05) is 30.1 Å². The number of ketones is 1. The van der Waals surface area contributed by atoms with Crippen molar-refractivity contribution in [1.82, 2.24) is 10.4 Å². The molecule has 0 spiro atoms. The number of nitrogens with one attached hydrogen (secondary N) is 1. The molecule has 0 amide bonds. The van der Waals surface area contributed by atoms with Crippen molar-refractivity contribution >= 4 is 18.0 Å². The number of ether oxygens (including phenoxy) is 1. The van der Waals surface area contributed by atoms with E-state index in [9.17, 15) is 9.59 Å². The fraction of sp³-hybridized carbons (Fsp3) is 0.391. The van der Waals surface area contributed by atoms with Crippen LogP contribution < -0.4 is 5.43 Å². The Morgan fingerprint density at radius 2 is 1.97 bits per heavy atom. The first-order valence-corrected chi connectivity index (χ1v) is 10.3. The summed E-state index contributed by atoms with van der Waals surface area (Å²) in [7, 11) is 0. The molecule has 0 radical (unpaired) electrons. The summed E-state index contributed by atoms with van der Waals surface area (Å²) in [4.78, 5) is 27.1. The summed E-state index contributed by atoms with van der Waals surface area (Å²) >= 11 is 0. The van der Waals surface area contributed by atoms with Gasteiger partial charge < -0.3 is 15.3 Å². The Labute approximate surface area is 175 Å². The van der Waals surface area contributed by atoms with E-state index in [2.05, 4.69) is 15.5 Å². The van der Waals surface area contributed by atoms with E-state index in [1.165, 1.54) is 0 Å². The fourth-order valence-electron chi connectivity index (χ4n) is 4.43. The van der Waals surface area contributed by atoms with Crippen molar-refractivity contribution in [2.75, 3.05) is 6.54 Å². The lowest BCUT2D eigenvalue weighted by molar-refractivity contribution is 0.0696. The van der Waals surface area contributed by atoms with E-state index in [-0.39, 0.29) is 30.5 Å². The lowest BCUT2D eigenvalue weighted by atomic mass is 9.77. The lowest BCUT2D eigenvalue weighted by Gasteiger charge is -2.25. The second-order valence-electron chi connectivity index (χ2n) is 7.85. The third-order valence-corrected chi connectivity index (χ3v) is 6.01. The average Bonchev–Trinajstić information content (AvgIpc) is 3.38. The third kappa shape index (κ3) is 4.57. The topological polar surface area (TPSA) is 101 Å². The zero-order valence-corrected chi connectivity index (χ0v) is 16.6. The second kappa shape index (κ2) is 9.17. The Bertz CT molecular complexity index is 914. The molecule has 156 valence electrons. The van der Waals surface area contributed by atoms with Gasteiger partial charge in [-0.1, -0.05) is 12.1 Å². The summed E-state index contributed by atoms with van der Waals surface area (Å²) in [5.41, 5.74) is 4.86. The summed E-state index contributed by atoms with van der Waals surface area (Å²) in [6.45, 7) is 0.129. The van der Waals surface area contributed by atoms with Gasteiger partial charge in [-0.2, -0.15) is 5.10 Å². The van der Waals surface area contributed by atoms with E-state index in [1.54, 1.807) is 36.7 Å². The minimum Gasteiger partial charge on any atom is -0.478 e. The highest BCUT2D eigenvalue weighted by molar-refractivity contribution is 5.97. The molecule has 2 bridgehead atoms. The molecule has 0 aliphatic carbocycles. The third-order valence-electron chi connectivity index (χ3n) is 6.01. The molecule has 2 saturated heterocycles. The van der Waals surface area contributed by atoms with Crippen LogP contribution in [0, 0.1) is 11.8 Å². The quantitative estimate of drug-likeness (QED) is 0.377. The van der Waals surface area contributed by atoms with Crippen LogP contribution in [-0.2, 0) is 11.2 Å². The number of Topliss-reactive ketones (excluding diaryl/α,β-unsaturated/α-hetero) is 1. The molecule has 4 atom stereocenters. The molecule has 2 aliphatic rings. The first-order chi connectivity index (χ1) is 14.6. The van der Waals surface area contributed by atoms with E-state index in [1.807, 2.05) is 18.3 Å². The molecule has 7 nitrogen and oxygen atoms in total. The highest BCUT2D eigenvalue weighted by atomic mass is 16.5. The molecule has 2 fully saturated rings. The fourth-order valence-corrected chi connectivity index (χ4v) is 4.43. The van der Waals surface area contributed by atoms with Gasteiger partial charge in [0.15, 0.2) is 5.78 Å². The number of hydrogen-bond acceptors (Lipinski definition) is 6. The highest BCUT2D eigenvalue weighted by Crippen LogP contribution is 2.44. The van der Waals surface area contributed by atoms with Gasteiger partial charge in [-0.25, -0.2) is 4.79 Å². The van der Waals surface area contributed by atoms with Gasteiger partial charge in [0.2, 0.25) is 0 Å². The summed E-state index contributed by atoms with van der Waals surface area (Å²) in [6.07, 6.45) is 9.47. The first-order valence-electron chi connectivity index (χ1n) is 10.3. The minimum absolute atomic E-state index is 0.0502. The number of carbonyl (C=O) groups excluding carboxylic acids is 1. The van der Waals surface area contributed by atoms with Crippen LogP contribution in [0.1, 0.15) is 45.5 Å². The van der Waals surface area contributed by atoms with Crippen molar-refractivity contribution in [2.24, 2.45) is 16.9 Å². The number of hydrogen-bond donors (Lipinski definition) is 2. The molecule has 4 unspecified atom stereocenters. The number of carboxylic acids is 1. The molecule has 1 aromatic carbocycles. The maximum absolute atomic E-state index is 12.1. The van der Waals surface area contributed by atoms with Gasteiger partial charge in [0.25, 0.3) is 0 Å². The predicted octanol–water partition coefficient (Wildman–Crippen LogP) is 2.96. The van der Waals surface area contributed by atoms with Gasteiger partial charge in [0.1, 0.15) is 0 Å². The Hall–Kier alpha value is -3.06. The number of nitrogens with zero attached hydrogens (tertiary/aromatic N) is 2. The molecule has 4 rings (SSSR count). The van der Waals surface area contributed by atoms with E-state index in [0.29, 0.717) is 17.0 Å². The van der Waals surface area contributed by atoms with Crippen molar-refractivity contribution in [2.45, 2.75) is 37.9 Å². The van der Waals surface area contributed by atoms with Gasteiger partial charge in [-0.05, 0) is 61.4 Å². The molecule has 3 heterocycles. The van der Waals surface area contributed by atoms with Gasteiger partial charge in [0.05, 0.1) is 24.3 Å². The average molecular weight is 407 g/mol. The van der Waals surface area contributed by atoms with Crippen molar-refractivity contribution in [3.8, 4) is 0 Å². The number of pyridine rings is 1. The second-order valence-corrected chi connectivity index (χ2v) is 7.85. The maximum Gasteiger partial charge on any atom is 0.335 e. The SMILES string of the molecule is O=C(O)c1ccc(CCC2C3CCC(O3)C2C=NNCC(=O)c2cccnc2)cc1. The Balaban J connectivity index is 1.31. The van der Waals surface area contributed by atoms with E-state index < -0.39 is 5.97 Å². The summed E-state index contributed by atoms with van der Waals surface area (Å²) < 4.78 is 6.11. The number of rotatable bonds is 9. The number of aromatic nitrogens is 1. The molecule has 2 N–H and O–H groups in total. The van der Waals surface area contributed by atoms with Crippen LogP contribution in [0.15, 0.2) is 53.9 Å². The normalized spacial score (nSPS) is 24.9. The van der Waals surface area contributed by atoms with Crippen LogP contribution in [-0.4, -0.2) is 46.8 Å². The Kier molecular flexibility index (Phi) is 6.18. The standard InChI is InChI=1S/C23H25N3O4/c27-20(17-2-1-11-24-12-17)14-26-25-13-19-18(21-9-10-22(19)30-21)8-5-15-3-6-16(7-4-15)23(28)29/h1-4,6-7,11-13,18-19,21-22,26H,5,8-10,14H2,(H,28,29). The van der Waals surface area contributed by atoms with Gasteiger partial charge in [-0.15, -0.1) is 0 Å². The molecular formula is C23H25N3O4. The first kappa shape index (κ1) is 20.2. The van der Waals surface area contributed by atoms with Gasteiger partial charge >= 0.3 is 5.97 Å². The molecular weight excluding hydrogens is 382 g/mol. The van der Waals surface area contributed by atoms with Crippen molar-refractivity contribution in [3.05, 3.63) is 65.5 Å². The molecule has 7 heteroatoms. The molecule has 30 heavy (non-hydrogen) atoms. The Morgan fingerprint density at radius 3 is 2.70 bits per heavy atom. The monoisotopic (exact) mass is 407 g/mol. The maximum atomic E-state index is 12.1. The molecule has 0 saturated carbocycles. The minimum atomic E-state index is -0.908. The van der Waals surface area contributed by atoms with Crippen molar-refractivity contribution < 1.29 is 19.4 Å². The number of fused-ring (bicyclic) bond motifs is 2. The summed E-state index contributed by atoms with van der Waals surface area (Å²) in [5, 5.41) is 13.3. The van der Waals surface area contributed by atoms with Crippen LogP contribution >= 0.6 is 0 Å². The van der Waals surface area contributed by atoms with Crippen LogP contribution in [0.25, 0.3) is 0 Å². The number of aryl methyl sites for hydroxylation is 1. The number of carboxylic acid groups (broad SMARTS) is 1. The number of aromatic carboxylic acids is 1. The predicted molar refractivity (Wildman–Crippen MR) is 112 cm³/mol. The zero-order chi connectivity index (χ0) is 20.9.